The Bertz CT molecular complexity index is 481. The summed E-state index contributed by atoms with van der Waals surface area (Å²) in [5, 5.41) is 13.1. The second kappa shape index (κ2) is 3.49. The van der Waals surface area contributed by atoms with Crippen LogP contribution < -0.4 is 0 Å². The minimum Gasteiger partial charge on any atom is -0.198 e. The van der Waals surface area contributed by atoms with Crippen LogP contribution in [0.5, 0.6) is 0 Å². The standard InChI is InChI=1S/C10H6BrNS/c11-8-1-2-9-7(5-8)6-13-10(9)3-4-12/h1-2,5-6H,3H2. The molecule has 0 fully saturated rings. The molecule has 0 aliphatic heterocycles. The predicted octanol–water partition coefficient (Wildman–Crippen LogP) is 3.73. The van der Waals surface area contributed by atoms with E-state index in [9.17, 15) is 0 Å². The van der Waals surface area contributed by atoms with Gasteiger partial charge in [0, 0.05) is 9.35 Å². The van der Waals surface area contributed by atoms with Crippen LogP contribution in [0.1, 0.15) is 4.88 Å². The van der Waals surface area contributed by atoms with E-state index in [2.05, 4.69) is 39.5 Å². The first-order chi connectivity index (χ1) is 6.31. The Kier molecular flexibility index (Phi) is 2.34. The van der Waals surface area contributed by atoms with Crippen molar-refractivity contribution < 1.29 is 0 Å². The Hall–Kier alpha value is -0.850. The van der Waals surface area contributed by atoms with Gasteiger partial charge in [0.2, 0.25) is 0 Å². The van der Waals surface area contributed by atoms with E-state index in [0.29, 0.717) is 6.42 Å². The SMILES string of the molecule is N#CCc1scc2cc(Br)ccc12. The van der Waals surface area contributed by atoms with Gasteiger partial charge in [-0.2, -0.15) is 5.26 Å². The third-order valence-corrected chi connectivity index (χ3v) is 3.40. The molecular formula is C10H6BrNS. The summed E-state index contributed by atoms with van der Waals surface area (Å²) in [5.41, 5.74) is 0. The van der Waals surface area contributed by atoms with Crippen LogP contribution in [-0.4, -0.2) is 0 Å². The second-order valence-electron chi connectivity index (χ2n) is 2.73. The summed E-state index contributed by atoms with van der Waals surface area (Å²) in [6.45, 7) is 0. The zero-order chi connectivity index (χ0) is 9.26. The summed E-state index contributed by atoms with van der Waals surface area (Å²) in [7, 11) is 0. The Morgan fingerprint density at radius 1 is 1.46 bits per heavy atom. The van der Waals surface area contributed by atoms with E-state index < -0.39 is 0 Å². The third-order valence-electron chi connectivity index (χ3n) is 1.88. The van der Waals surface area contributed by atoms with Crippen molar-refractivity contribution in [1.29, 1.82) is 5.26 Å². The maximum Gasteiger partial charge on any atom is 0.0701 e. The fraction of sp³-hybridized carbons (Fsp3) is 0.100. The fourth-order valence-electron chi connectivity index (χ4n) is 1.29. The van der Waals surface area contributed by atoms with Crippen LogP contribution >= 0.6 is 27.3 Å². The van der Waals surface area contributed by atoms with E-state index in [-0.39, 0.29) is 0 Å². The van der Waals surface area contributed by atoms with E-state index >= 15 is 0 Å². The van der Waals surface area contributed by atoms with Gasteiger partial charge in [0.1, 0.15) is 0 Å². The molecular weight excluding hydrogens is 246 g/mol. The normalized spacial score (nSPS) is 10.2. The Morgan fingerprint density at radius 2 is 2.31 bits per heavy atom. The number of benzene rings is 1. The molecule has 1 heterocycles. The monoisotopic (exact) mass is 251 g/mol. The van der Waals surface area contributed by atoms with Crippen molar-refractivity contribution in [1.82, 2.24) is 0 Å². The number of fused-ring (bicyclic) bond motifs is 1. The van der Waals surface area contributed by atoms with Gasteiger partial charge in [-0.25, -0.2) is 0 Å². The first kappa shape index (κ1) is 8.74. The maximum atomic E-state index is 8.60. The number of nitriles is 1. The van der Waals surface area contributed by atoms with E-state index in [1.54, 1.807) is 11.3 Å². The first-order valence-corrected chi connectivity index (χ1v) is 5.51. The highest BCUT2D eigenvalue weighted by Gasteiger charge is 2.03. The minimum atomic E-state index is 0.510. The zero-order valence-electron chi connectivity index (χ0n) is 6.75. The van der Waals surface area contributed by atoms with Gasteiger partial charge in [0.15, 0.2) is 0 Å². The highest BCUT2D eigenvalue weighted by molar-refractivity contribution is 9.10. The lowest BCUT2D eigenvalue weighted by atomic mass is 10.2. The number of hydrogen-bond acceptors (Lipinski definition) is 2. The van der Waals surface area contributed by atoms with Gasteiger partial charge >= 0.3 is 0 Å². The molecule has 1 aromatic carbocycles. The van der Waals surface area contributed by atoms with Crippen molar-refractivity contribution in [3.8, 4) is 6.07 Å². The minimum absolute atomic E-state index is 0.510. The van der Waals surface area contributed by atoms with Crippen molar-refractivity contribution >= 4 is 38.0 Å². The molecule has 0 saturated carbocycles. The summed E-state index contributed by atoms with van der Waals surface area (Å²) >= 11 is 5.07. The van der Waals surface area contributed by atoms with Gasteiger partial charge in [-0.05, 0) is 28.3 Å². The topological polar surface area (TPSA) is 23.8 Å². The highest BCUT2D eigenvalue weighted by atomic mass is 79.9. The third kappa shape index (κ3) is 1.60. The van der Waals surface area contributed by atoms with Crippen LogP contribution in [0.25, 0.3) is 10.8 Å². The quantitative estimate of drug-likeness (QED) is 0.758. The maximum absolute atomic E-state index is 8.60. The lowest BCUT2D eigenvalue weighted by molar-refractivity contribution is 1.33. The van der Waals surface area contributed by atoms with Crippen molar-refractivity contribution in [3.63, 3.8) is 0 Å². The van der Waals surface area contributed by atoms with Crippen LogP contribution in [0.15, 0.2) is 28.1 Å². The lowest BCUT2D eigenvalue weighted by Crippen LogP contribution is -1.74. The van der Waals surface area contributed by atoms with Crippen LogP contribution in [0.3, 0.4) is 0 Å². The molecule has 0 bridgehead atoms. The van der Waals surface area contributed by atoms with Crippen LogP contribution in [0, 0.1) is 11.3 Å². The zero-order valence-corrected chi connectivity index (χ0v) is 9.15. The summed E-state index contributed by atoms with van der Waals surface area (Å²) < 4.78 is 1.08. The molecule has 0 atom stereocenters. The second-order valence-corrected chi connectivity index (χ2v) is 4.61. The predicted molar refractivity (Wildman–Crippen MR) is 58.8 cm³/mol. The number of nitrogens with zero attached hydrogens (tertiary/aromatic N) is 1. The summed E-state index contributed by atoms with van der Waals surface area (Å²) in [6, 6.07) is 8.32. The number of thiophene rings is 1. The van der Waals surface area contributed by atoms with Crippen LogP contribution in [0.2, 0.25) is 0 Å². The van der Waals surface area contributed by atoms with Gasteiger partial charge in [0.05, 0.1) is 12.5 Å². The molecule has 0 N–H and O–H groups in total. The van der Waals surface area contributed by atoms with E-state index in [1.807, 2.05) is 6.07 Å². The molecule has 0 amide bonds. The number of hydrogen-bond donors (Lipinski definition) is 0. The molecule has 2 rings (SSSR count). The molecule has 13 heavy (non-hydrogen) atoms. The average Bonchev–Trinajstić information content (AvgIpc) is 2.49. The lowest BCUT2D eigenvalue weighted by Gasteiger charge is -1.93. The van der Waals surface area contributed by atoms with Crippen molar-refractivity contribution in [2.24, 2.45) is 0 Å². The first-order valence-electron chi connectivity index (χ1n) is 3.84. The Labute approximate surface area is 88.7 Å². The van der Waals surface area contributed by atoms with E-state index in [1.165, 1.54) is 10.8 Å². The molecule has 1 aromatic heterocycles. The van der Waals surface area contributed by atoms with E-state index in [4.69, 9.17) is 5.26 Å². The van der Waals surface area contributed by atoms with Gasteiger partial charge in [0.25, 0.3) is 0 Å². The Morgan fingerprint density at radius 3 is 3.08 bits per heavy atom. The molecule has 0 spiro atoms. The van der Waals surface area contributed by atoms with Crippen LogP contribution in [0.4, 0.5) is 0 Å². The van der Waals surface area contributed by atoms with Crippen molar-refractivity contribution in [3.05, 3.63) is 32.9 Å². The van der Waals surface area contributed by atoms with Gasteiger partial charge in [-0.3, -0.25) is 0 Å². The van der Waals surface area contributed by atoms with Gasteiger partial charge in [-0.1, -0.05) is 22.0 Å². The van der Waals surface area contributed by atoms with Crippen molar-refractivity contribution in [2.75, 3.05) is 0 Å². The molecule has 0 aliphatic rings. The van der Waals surface area contributed by atoms with Gasteiger partial charge in [-0.15, -0.1) is 11.3 Å². The van der Waals surface area contributed by atoms with Gasteiger partial charge < -0.3 is 0 Å². The van der Waals surface area contributed by atoms with E-state index in [0.717, 1.165) is 9.35 Å². The number of halogens is 1. The number of rotatable bonds is 1. The summed E-state index contributed by atoms with van der Waals surface area (Å²) in [5.74, 6) is 0. The molecule has 1 nitrogen and oxygen atoms in total. The Balaban J connectivity index is 2.63. The molecule has 64 valence electrons. The molecule has 0 unspecified atom stereocenters. The smallest absolute Gasteiger partial charge is 0.0701 e. The molecule has 2 aromatic rings. The summed E-state index contributed by atoms with van der Waals surface area (Å²) in [4.78, 5) is 1.16. The summed E-state index contributed by atoms with van der Waals surface area (Å²) in [6.07, 6.45) is 0.510. The fourth-order valence-corrected chi connectivity index (χ4v) is 2.60. The molecule has 0 saturated heterocycles. The molecule has 0 radical (unpaired) electrons. The largest absolute Gasteiger partial charge is 0.198 e. The molecule has 0 aliphatic carbocycles. The van der Waals surface area contributed by atoms with Crippen molar-refractivity contribution in [2.45, 2.75) is 6.42 Å². The average molecular weight is 252 g/mol. The molecule has 3 heteroatoms. The van der Waals surface area contributed by atoms with Crippen LogP contribution in [-0.2, 0) is 6.42 Å². The highest BCUT2D eigenvalue weighted by Crippen LogP contribution is 2.28.